The number of carbonyl (C=O) groups excluding carboxylic acids is 2. The molecule has 5 nitrogen and oxygen atoms in total. The molecule has 2 rings (SSSR count). The third-order valence-corrected chi connectivity index (χ3v) is 4.68. The molecule has 0 spiro atoms. The highest BCUT2D eigenvalue weighted by molar-refractivity contribution is 5.87. The third-order valence-electron chi connectivity index (χ3n) is 4.68. The van der Waals surface area contributed by atoms with Gasteiger partial charge in [-0.25, -0.2) is 4.39 Å². The van der Waals surface area contributed by atoms with Crippen LogP contribution in [0.5, 0.6) is 5.75 Å². The lowest BCUT2D eigenvalue weighted by atomic mass is 10.1. The van der Waals surface area contributed by atoms with Crippen LogP contribution in [0.25, 0.3) is 0 Å². The molecule has 0 aliphatic heterocycles. The van der Waals surface area contributed by atoms with Crippen molar-refractivity contribution in [1.82, 2.24) is 10.2 Å². The van der Waals surface area contributed by atoms with E-state index in [1.807, 2.05) is 31.2 Å². The molecule has 0 radical (unpaired) electrons. The Hall–Kier alpha value is -2.89. The minimum absolute atomic E-state index is 0.182. The average Bonchev–Trinajstić information content (AvgIpc) is 2.75. The summed E-state index contributed by atoms with van der Waals surface area (Å²) in [5.41, 5.74) is 1.92. The molecule has 0 saturated heterocycles. The molecule has 0 aromatic heterocycles. The van der Waals surface area contributed by atoms with Crippen molar-refractivity contribution in [3.63, 3.8) is 0 Å². The number of hydrogen-bond donors (Lipinski definition) is 1. The molecule has 2 amide bonds. The highest BCUT2D eigenvalue weighted by Crippen LogP contribution is 2.15. The summed E-state index contributed by atoms with van der Waals surface area (Å²) in [5.74, 6) is -0.290. The van der Waals surface area contributed by atoms with E-state index in [2.05, 4.69) is 12.2 Å². The summed E-state index contributed by atoms with van der Waals surface area (Å²) in [4.78, 5) is 26.8. The standard InChI is InChI=1S/C23H29FN2O3/c1-4-14-25-23(28)17(3)26(15-19-6-10-20(24)11-7-19)22(27)16-29-21-12-8-18(5-2)9-13-21/h6-13,17H,4-5,14-16H2,1-3H3,(H,25,28). The number of ether oxygens (including phenoxy) is 1. The maximum Gasteiger partial charge on any atom is 0.261 e. The smallest absolute Gasteiger partial charge is 0.261 e. The lowest BCUT2D eigenvalue weighted by molar-refractivity contribution is -0.142. The van der Waals surface area contributed by atoms with E-state index in [1.165, 1.54) is 22.6 Å². The molecule has 2 aromatic rings. The number of rotatable bonds is 10. The number of benzene rings is 2. The number of hydrogen-bond acceptors (Lipinski definition) is 3. The Morgan fingerprint density at radius 3 is 2.24 bits per heavy atom. The second-order valence-electron chi connectivity index (χ2n) is 6.90. The quantitative estimate of drug-likeness (QED) is 0.661. The number of nitrogens with one attached hydrogen (secondary N) is 1. The molecule has 1 unspecified atom stereocenters. The number of amides is 2. The summed E-state index contributed by atoms with van der Waals surface area (Å²) < 4.78 is 18.8. The zero-order chi connectivity index (χ0) is 21.2. The van der Waals surface area contributed by atoms with Gasteiger partial charge in [0.25, 0.3) is 5.91 Å². The van der Waals surface area contributed by atoms with Crippen LogP contribution in [-0.4, -0.2) is 35.9 Å². The molecule has 156 valence electrons. The van der Waals surface area contributed by atoms with Crippen LogP contribution in [0.15, 0.2) is 48.5 Å². The Kier molecular flexibility index (Phi) is 8.65. The second kappa shape index (κ2) is 11.2. The van der Waals surface area contributed by atoms with E-state index < -0.39 is 6.04 Å². The highest BCUT2D eigenvalue weighted by atomic mass is 19.1. The summed E-state index contributed by atoms with van der Waals surface area (Å²) in [5, 5.41) is 2.82. The van der Waals surface area contributed by atoms with E-state index >= 15 is 0 Å². The first-order chi connectivity index (χ1) is 13.9. The largest absolute Gasteiger partial charge is 0.484 e. The number of halogens is 1. The normalized spacial score (nSPS) is 11.6. The molecule has 0 saturated carbocycles. The van der Waals surface area contributed by atoms with Crippen LogP contribution in [0.3, 0.4) is 0 Å². The van der Waals surface area contributed by atoms with E-state index in [-0.39, 0.29) is 30.8 Å². The summed E-state index contributed by atoms with van der Waals surface area (Å²) >= 11 is 0. The summed E-state index contributed by atoms with van der Waals surface area (Å²) in [6.45, 7) is 6.27. The predicted molar refractivity (Wildman–Crippen MR) is 111 cm³/mol. The fraction of sp³-hybridized carbons (Fsp3) is 0.391. The number of nitrogens with zero attached hydrogens (tertiary/aromatic N) is 1. The molecule has 29 heavy (non-hydrogen) atoms. The van der Waals surface area contributed by atoms with Gasteiger partial charge < -0.3 is 15.0 Å². The maximum absolute atomic E-state index is 13.2. The van der Waals surface area contributed by atoms with Gasteiger partial charge in [0.1, 0.15) is 17.6 Å². The zero-order valence-corrected chi connectivity index (χ0v) is 17.3. The van der Waals surface area contributed by atoms with Crippen molar-refractivity contribution in [3.8, 4) is 5.75 Å². The van der Waals surface area contributed by atoms with Crippen molar-refractivity contribution in [3.05, 3.63) is 65.5 Å². The van der Waals surface area contributed by atoms with Crippen molar-refractivity contribution < 1.29 is 18.7 Å². The lowest BCUT2D eigenvalue weighted by Gasteiger charge is -2.28. The topological polar surface area (TPSA) is 58.6 Å². The van der Waals surface area contributed by atoms with Crippen LogP contribution in [0.2, 0.25) is 0 Å². The summed E-state index contributed by atoms with van der Waals surface area (Å²) in [6, 6.07) is 12.8. The Morgan fingerprint density at radius 2 is 1.66 bits per heavy atom. The van der Waals surface area contributed by atoms with Gasteiger partial charge in [0.2, 0.25) is 5.91 Å². The minimum Gasteiger partial charge on any atom is -0.484 e. The van der Waals surface area contributed by atoms with Gasteiger partial charge in [-0.2, -0.15) is 0 Å². The van der Waals surface area contributed by atoms with Gasteiger partial charge in [0.15, 0.2) is 6.61 Å². The maximum atomic E-state index is 13.2. The van der Waals surface area contributed by atoms with Crippen molar-refractivity contribution in [1.29, 1.82) is 0 Å². The third kappa shape index (κ3) is 6.89. The molecule has 0 aliphatic carbocycles. The van der Waals surface area contributed by atoms with Crippen molar-refractivity contribution >= 4 is 11.8 Å². The SMILES string of the molecule is CCCNC(=O)C(C)N(Cc1ccc(F)cc1)C(=O)COc1ccc(CC)cc1. The fourth-order valence-electron chi connectivity index (χ4n) is 2.81. The van der Waals surface area contributed by atoms with Gasteiger partial charge in [-0.15, -0.1) is 0 Å². The van der Waals surface area contributed by atoms with Crippen LogP contribution >= 0.6 is 0 Å². The number of carbonyl (C=O) groups is 2. The van der Waals surface area contributed by atoms with Crippen LogP contribution in [0.4, 0.5) is 4.39 Å². The monoisotopic (exact) mass is 400 g/mol. The van der Waals surface area contributed by atoms with E-state index in [9.17, 15) is 14.0 Å². The molecule has 0 heterocycles. The molecular formula is C23H29FN2O3. The molecule has 6 heteroatoms. The van der Waals surface area contributed by atoms with Gasteiger partial charge in [-0.1, -0.05) is 38.1 Å². The van der Waals surface area contributed by atoms with E-state index in [1.54, 1.807) is 19.1 Å². The fourth-order valence-corrected chi connectivity index (χ4v) is 2.81. The Morgan fingerprint density at radius 1 is 1.03 bits per heavy atom. The highest BCUT2D eigenvalue weighted by Gasteiger charge is 2.26. The molecule has 1 N–H and O–H groups in total. The van der Waals surface area contributed by atoms with Gasteiger partial charge >= 0.3 is 0 Å². The predicted octanol–water partition coefficient (Wildman–Crippen LogP) is 3.71. The summed E-state index contributed by atoms with van der Waals surface area (Å²) in [7, 11) is 0. The van der Waals surface area contributed by atoms with Crippen LogP contribution < -0.4 is 10.1 Å². The first-order valence-electron chi connectivity index (χ1n) is 9.98. The Labute approximate surface area is 171 Å². The first kappa shape index (κ1) is 22.4. The average molecular weight is 400 g/mol. The molecule has 1 atom stereocenters. The first-order valence-corrected chi connectivity index (χ1v) is 9.98. The van der Waals surface area contributed by atoms with Crippen LogP contribution in [0, 0.1) is 5.82 Å². The Bertz CT molecular complexity index is 791. The van der Waals surface area contributed by atoms with Gasteiger partial charge in [0.05, 0.1) is 0 Å². The van der Waals surface area contributed by atoms with Crippen molar-refractivity contribution in [2.24, 2.45) is 0 Å². The molecule has 0 aliphatic rings. The van der Waals surface area contributed by atoms with Crippen LogP contribution in [-0.2, 0) is 22.6 Å². The Balaban J connectivity index is 2.09. The van der Waals surface area contributed by atoms with E-state index in [0.29, 0.717) is 12.3 Å². The van der Waals surface area contributed by atoms with Crippen molar-refractivity contribution in [2.75, 3.05) is 13.2 Å². The second-order valence-corrected chi connectivity index (χ2v) is 6.90. The minimum atomic E-state index is -0.676. The number of aryl methyl sites for hydroxylation is 1. The van der Waals surface area contributed by atoms with Gasteiger partial charge in [-0.05, 0) is 55.2 Å². The molecule has 0 bridgehead atoms. The van der Waals surface area contributed by atoms with Crippen LogP contribution in [0.1, 0.15) is 38.3 Å². The van der Waals surface area contributed by atoms with E-state index in [0.717, 1.165) is 18.4 Å². The summed E-state index contributed by atoms with van der Waals surface area (Å²) in [6.07, 6.45) is 1.73. The van der Waals surface area contributed by atoms with Gasteiger partial charge in [0, 0.05) is 13.1 Å². The lowest BCUT2D eigenvalue weighted by Crippen LogP contribution is -2.49. The van der Waals surface area contributed by atoms with Gasteiger partial charge in [-0.3, -0.25) is 9.59 Å². The molecular weight excluding hydrogens is 371 g/mol. The van der Waals surface area contributed by atoms with E-state index in [4.69, 9.17) is 4.74 Å². The van der Waals surface area contributed by atoms with Crippen molar-refractivity contribution in [2.45, 2.75) is 46.2 Å². The zero-order valence-electron chi connectivity index (χ0n) is 17.3. The molecule has 2 aromatic carbocycles. The molecule has 0 fully saturated rings.